The smallest absolute Gasteiger partial charge is 0.264 e. The van der Waals surface area contributed by atoms with E-state index in [0.717, 1.165) is 22.3 Å². The monoisotopic (exact) mass is 415 g/mol. The van der Waals surface area contributed by atoms with Gasteiger partial charge in [-0.1, -0.05) is 60.4 Å². The third kappa shape index (κ3) is 6.54. The molecule has 0 fully saturated rings. The largest absolute Gasteiger partial charge is 0.494 e. The molecular formula is C20H21N3O3S2. The van der Waals surface area contributed by atoms with Gasteiger partial charge >= 0.3 is 0 Å². The quantitative estimate of drug-likeness (QED) is 0.384. The fraction of sp³-hybridized carbons (Fsp3) is 0.250. The first-order valence-corrected chi connectivity index (χ1v) is 10.7. The van der Waals surface area contributed by atoms with Crippen LogP contribution in [0.15, 0.2) is 58.9 Å². The molecular weight excluding hydrogens is 394 g/mol. The van der Waals surface area contributed by atoms with Crippen LogP contribution in [-0.4, -0.2) is 29.3 Å². The number of ether oxygens (including phenoxy) is 2. The molecule has 0 aliphatic carbocycles. The summed E-state index contributed by atoms with van der Waals surface area (Å²) in [6.45, 7) is 2.64. The molecule has 28 heavy (non-hydrogen) atoms. The van der Waals surface area contributed by atoms with Crippen molar-refractivity contribution in [2.75, 3.05) is 18.5 Å². The summed E-state index contributed by atoms with van der Waals surface area (Å²) in [7, 11) is 0. The number of carbonyl (C=O) groups is 1. The van der Waals surface area contributed by atoms with E-state index in [0.29, 0.717) is 17.5 Å². The number of nitrogens with zero attached hydrogens (tertiary/aromatic N) is 2. The Morgan fingerprint density at radius 2 is 1.75 bits per heavy atom. The number of hydrogen-bond acceptors (Lipinski definition) is 7. The summed E-state index contributed by atoms with van der Waals surface area (Å²) in [6, 6.07) is 17.3. The lowest BCUT2D eigenvalue weighted by molar-refractivity contribution is -0.118. The van der Waals surface area contributed by atoms with Gasteiger partial charge in [0, 0.05) is 5.75 Å². The molecule has 6 nitrogen and oxygen atoms in total. The Morgan fingerprint density at radius 3 is 2.46 bits per heavy atom. The predicted octanol–water partition coefficient (Wildman–Crippen LogP) is 4.64. The topological polar surface area (TPSA) is 73.3 Å². The summed E-state index contributed by atoms with van der Waals surface area (Å²) in [6.07, 6.45) is 0.955. The zero-order valence-electron chi connectivity index (χ0n) is 15.5. The average Bonchev–Trinajstić information content (AvgIpc) is 3.18. The molecule has 1 amide bonds. The SMILES string of the molecule is CCCOc1ccc(OCC(=O)Nc2nnc(SCc3ccccc3)s2)cc1. The van der Waals surface area contributed by atoms with Crippen molar-refractivity contribution in [2.24, 2.45) is 0 Å². The number of carbonyl (C=O) groups excluding carboxylic acids is 1. The zero-order chi connectivity index (χ0) is 19.6. The Balaban J connectivity index is 1.41. The lowest BCUT2D eigenvalue weighted by Crippen LogP contribution is -2.20. The molecule has 0 unspecified atom stereocenters. The van der Waals surface area contributed by atoms with E-state index < -0.39 is 0 Å². The van der Waals surface area contributed by atoms with E-state index in [1.807, 2.05) is 30.3 Å². The van der Waals surface area contributed by atoms with Crippen molar-refractivity contribution >= 4 is 34.1 Å². The zero-order valence-corrected chi connectivity index (χ0v) is 17.1. The highest BCUT2D eigenvalue weighted by atomic mass is 32.2. The Kier molecular flexibility index (Phi) is 7.69. The maximum Gasteiger partial charge on any atom is 0.264 e. The lowest BCUT2D eigenvalue weighted by atomic mass is 10.2. The van der Waals surface area contributed by atoms with E-state index in [1.165, 1.54) is 16.9 Å². The summed E-state index contributed by atoms with van der Waals surface area (Å²) >= 11 is 2.94. The molecule has 2 aromatic carbocycles. The normalized spacial score (nSPS) is 10.5. The molecule has 0 saturated heterocycles. The first-order chi connectivity index (χ1) is 13.7. The van der Waals surface area contributed by atoms with Crippen molar-refractivity contribution in [1.82, 2.24) is 10.2 Å². The molecule has 0 saturated carbocycles. The van der Waals surface area contributed by atoms with Crippen molar-refractivity contribution in [3.05, 3.63) is 60.2 Å². The standard InChI is InChI=1S/C20H21N3O3S2/c1-2-12-25-16-8-10-17(11-9-16)26-13-18(24)21-19-22-23-20(28-19)27-14-15-6-4-3-5-7-15/h3-11H,2,12-14H2,1H3,(H,21,22,24). The minimum absolute atomic E-state index is 0.0960. The van der Waals surface area contributed by atoms with Crippen LogP contribution in [0.4, 0.5) is 5.13 Å². The average molecular weight is 416 g/mol. The van der Waals surface area contributed by atoms with Gasteiger partial charge in [0.05, 0.1) is 6.61 Å². The van der Waals surface area contributed by atoms with Gasteiger partial charge < -0.3 is 9.47 Å². The van der Waals surface area contributed by atoms with Gasteiger partial charge in [-0.25, -0.2) is 0 Å². The highest BCUT2D eigenvalue weighted by Gasteiger charge is 2.10. The second kappa shape index (κ2) is 10.7. The van der Waals surface area contributed by atoms with Crippen LogP contribution in [0.5, 0.6) is 11.5 Å². The second-order valence-corrected chi connectivity index (χ2v) is 8.00. The number of aromatic nitrogens is 2. The molecule has 1 N–H and O–H groups in total. The summed E-state index contributed by atoms with van der Waals surface area (Å²) < 4.78 is 11.8. The number of anilines is 1. The van der Waals surface area contributed by atoms with Crippen LogP contribution < -0.4 is 14.8 Å². The van der Waals surface area contributed by atoms with Gasteiger partial charge in [-0.2, -0.15) is 0 Å². The third-order valence-corrected chi connectivity index (χ3v) is 5.57. The number of benzene rings is 2. The van der Waals surface area contributed by atoms with Crippen molar-refractivity contribution in [3.8, 4) is 11.5 Å². The van der Waals surface area contributed by atoms with Crippen LogP contribution in [0, 0.1) is 0 Å². The van der Waals surface area contributed by atoms with Crippen molar-refractivity contribution < 1.29 is 14.3 Å². The molecule has 0 spiro atoms. The minimum atomic E-state index is -0.276. The number of thioether (sulfide) groups is 1. The molecule has 146 valence electrons. The van der Waals surface area contributed by atoms with Gasteiger partial charge in [-0.05, 0) is 36.2 Å². The number of nitrogens with one attached hydrogen (secondary N) is 1. The van der Waals surface area contributed by atoms with Gasteiger partial charge in [-0.15, -0.1) is 10.2 Å². The Hall–Kier alpha value is -2.58. The number of rotatable bonds is 10. The van der Waals surface area contributed by atoms with E-state index in [4.69, 9.17) is 9.47 Å². The Morgan fingerprint density at radius 1 is 1.04 bits per heavy atom. The fourth-order valence-electron chi connectivity index (χ4n) is 2.19. The molecule has 8 heteroatoms. The second-order valence-electron chi connectivity index (χ2n) is 5.80. The number of amides is 1. The van der Waals surface area contributed by atoms with Crippen molar-refractivity contribution in [1.29, 1.82) is 0 Å². The van der Waals surface area contributed by atoms with E-state index in [2.05, 4.69) is 34.6 Å². The van der Waals surface area contributed by atoms with E-state index in [1.54, 1.807) is 23.9 Å². The van der Waals surface area contributed by atoms with E-state index >= 15 is 0 Å². The number of hydrogen-bond donors (Lipinski definition) is 1. The third-order valence-electron chi connectivity index (χ3n) is 3.52. The summed E-state index contributed by atoms with van der Waals surface area (Å²) in [5.74, 6) is 1.93. The first kappa shape index (κ1) is 20.2. The Bertz CT molecular complexity index is 870. The van der Waals surface area contributed by atoms with Gasteiger partial charge in [0.15, 0.2) is 10.9 Å². The molecule has 0 aliphatic rings. The molecule has 0 atom stereocenters. The molecule has 3 rings (SSSR count). The maximum atomic E-state index is 12.1. The highest BCUT2D eigenvalue weighted by Crippen LogP contribution is 2.28. The fourth-order valence-corrected chi connectivity index (χ4v) is 3.92. The molecule has 0 aliphatic heterocycles. The van der Waals surface area contributed by atoms with Crippen LogP contribution >= 0.6 is 23.1 Å². The molecule has 3 aromatic rings. The van der Waals surface area contributed by atoms with Gasteiger partial charge in [0.2, 0.25) is 5.13 Å². The Labute approximate surface area is 172 Å². The highest BCUT2D eigenvalue weighted by molar-refractivity contribution is 8.00. The lowest BCUT2D eigenvalue weighted by Gasteiger charge is -2.07. The van der Waals surface area contributed by atoms with Crippen molar-refractivity contribution in [2.45, 2.75) is 23.4 Å². The van der Waals surface area contributed by atoms with Crippen LogP contribution in [0.1, 0.15) is 18.9 Å². The summed E-state index contributed by atoms with van der Waals surface area (Å²) in [4.78, 5) is 12.1. The molecule has 1 heterocycles. The first-order valence-electron chi connectivity index (χ1n) is 8.88. The van der Waals surface area contributed by atoms with Gasteiger partial charge in [0.25, 0.3) is 5.91 Å². The summed E-state index contributed by atoms with van der Waals surface area (Å²) in [5.41, 5.74) is 1.22. The van der Waals surface area contributed by atoms with E-state index in [9.17, 15) is 4.79 Å². The molecule has 0 bridgehead atoms. The van der Waals surface area contributed by atoms with Crippen LogP contribution in [-0.2, 0) is 10.5 Å². The van der Waals surface area contributed by atoms with Crippen molar-refractivity contribution in [3.63, 3.8) is 0 Å². The maximum absolute atomic E-state index is 12.1. The van der Waals surface area contributed by atoms with Gasteiger partial charge in [0.1, 0.15) is 11.5 Å². The predicted molar refractivity (Wildman–Crippen MR) is 112 cm³/mol. The van der Waals surface area contributed by atoms with Gasteiger partial charge in [-0.3, -0.25) is 10.1 Å². The molecule has 1 aromatic heterocycles. The molecule has 0 radical (unpaired) electrons. The van der Waals surface area contributed by atoms with Crippen LogP contribution in [0.2, 0.25) is 0 Å². The van der Waals surface area contributed by atoms with Crippen LogP contribution in [0.25, 0.3) is 0 Å². The van der Waals surface area contributed by atoms with Crippen LogP contribution in [0.3, 0.4) is 0 Å². The minimum Gasteiger partial charge on any atom is -0.494 e. The summed E-state index contributed by atoms with van der Waals surface area (Å²) in [5, 5.41) is 11.3. The van der Waals surface area contributed by atoms with E-state index in [-0.39, 0.29) is 12.5 Å².